The van der Waals surface area contributed by atoms with Crippen molar-refractivity contribution in [2.75, 3.05) is 13.2 Å². The van der Waals surface area contributed by atoms with Crippen molar-refractivity contribution in [3.63, 3.8) is 0 Å². The Kier molecular flexibility index (Phi) is 8.03. The van der Waals surface area contributed by atoms with Gasteiger partial charge in [0, 0.05) is 6.42 Å². The number of hydrogen-bond acceptors (Lipinski definition) is 5. The summed E-state index contributed by atoms with van der Waals surface area (Å²) < 4.78 is 12.2. The first kappa shape index (κ1) is 24.0. The lowest BCUT2D eigenvalue weighted by Gasteiger charge is -2.14. The molecule has 1 aliphatic rings. The molecule has 1 amide bonds. The van der Waals surface area contributed by atoms with Crippen LogP contribution in [0.15, 0.2) is 77.7 Å². The highest BCUT2D eigenvalue weighted by molar-refractivity contribution is 8.26. The predicted molar refractivity (Wildman–Crippen MR) is 143 cm³/mol. The summed E-state index contributed by atoms with van der Waals surface area (Å²) in [7, 11) is 0. The van der Waals surface area contributed by atoms with E-state index >= 15 is 0 Å². The van der Waals surface area contributed by atoms with Gasteiger partial charge in [-0.2, -0.15) is 0 Å². The molecule has 4 nitrogen and oxygen atoms in total. The highest BCUT2D eigenvalue weighted by atomic mass is 32.2. The Morgan fingerprint density at radius 2 is 1.56 bits per heavy atom. The number of ether oxygens (including phenoxy) is 2. The van der Waals surface area contributed by atoms with E-state index in [-0.39, 0.29) is 5.91 Å². The highest BCUT2D eigenvalue weighted by Crippen LogP contribution is 2.33. The van der Waals surface area contributed by atoms with Gasteiger partial charge in [-0.25, -0.2) is 0 Å². The molecule has 0 atom stereocenters. The molecule has 1 saturated heterocycles. The third kappa shape index (κ3) is 6.27. The maximum absolute atomic E-state index is 12.8. The number of aryl methyl sites for hydroxylation is 2. The van der Waals surface area contributed by atoms with Crippen LogP contribution in [0.3, 0.4) is 0 Å². The van der Waals surface area contributed by atoms with Crippen LogP contribution in [-0.2, 0) is 11.3 Å². The van der Waals surface area contributed by atoms with Crippen LogP contribution in [0, 0.1) is 13.8 Å². The molecule has 3 aromatic rings. The van der Waals surface area contributed by atoms with Crippen molar-refractivity contribution in [1.82, 2.24) is 4.90 Å². The van der Waals surface area contributed by atoms with Gasteiger partial charge in [0.05, 0.1) is 24.7 Å². The lowest BCUT2D eigenvalue weighted by Crippen LogP contribution is -2.27. The molecular formula is C28H27NO3S2. The minimum absolute atomic E-state index is 0.0528. The van der Waals surface area contributed by atoms with Crippen molar-refractivity contribution in [3.8, 4) is 11.5 Å². The summed E-state index contributed by atoms with van der Waals surface area (Å²) in [6.07, 6.45) is 2.67. The maximum atomic E-state index is 12.8. The molecule has 0 bridgehead atoms. The number of thiocarbonyl (C=S) groups is 1. The zero-order chi connectivity index (χ0) is 23.9. The Hall–Kier alpha value is -3.09. The minimum atomic E-state index is -0.0528. The monoisotopic (exact) mass is 489 g/mol. The SMILES string of the molecule is Cc1ccc(OCCCOc2ccc(/C=C3\SC(=S)N(Cc4ccccc4)C3=O)cc2)cc1C. The van der Waals surface area contributed by atoms with Crippen LogP contribution in [0.5, 0.6) is 11.5 Å². The van der Waals surface area contributed by atoms with Gasteiger partial charge in [0.2, 0.25) is 0 Å². The van der Waals surface area contributed by atoms with E-state index < -0.39 is 0 Å². The zero-order valence-electron chi connectivity index (χ0n) is 19.3. The smallest absolute Gasteiger partial charge is 0.266 e. The molecule has 174 valence electrons. The van der Waals surface area contributed by atoms with Crippen LogP contribution in [0.25, 0.3) is 6.08 Å². The molecule has 34 heavy (non-hydrogen) atoms. The van der Waals surface area contributed by atoms with Gasteiger partial charge in [0.25, 0.3) is 5.91 Å². The Morgan fingerprint density at radius 1 is 0.882 bits per heavy atom. The van der Waals surface area contributed by atoms with Crippen molar-refractivity contribution >= 4 is 40.3 Å². The number of amides is 1. The van der Waals surface area contributed by atoms with Crippen LogP contribution in [0.2, 0.25) is 0 Å². The number of benzene rings is 3. The average molecular weight is 490 g/mol. The summed E-state index contributed by atoms with van der Waals surface area (Å²) in [5.74, 6) is 1.63. The fraction of sp³-hybridized carbons (Fsp3) is 0.214. The van der Waals surface area contributed by atoms with Gasteiger partial charge in [-0.1, -0.05) is 72.5 Å². The van der Waals surface area contributed by atoms with E-state index in [0.29, 0.717) is 29.0 Å². The molecule has 3 aromatic carbocycles. The Labute approximate surface area is 210 Å². The highest BCUT2D eigenvalue weighted by Gasteiger charge is 2.31. The first-order valence-electron chi connectivity index (χ1n) is 11.2. The van der Waals surface area contributed by atoms with Crippen molar-refractivity contribution in [3.05, 3.63) is 100.0 Å². The summed E-state index contributed by atoms with van der Waals surface area (Å²) >= 11 is 6.78. The van der Waals surface area contributed by atoms with Crippen molar-refractivity contribution in [1.29, 1.82) is 0 Å². The first-order valence-corrected chi connectivity index (χ1v) is 12.4. The van der Waals surface area contributed by atoms with Crippen LogP contribution in [-0.4, -0.2) is 28.3 Å². The van der Waals surface area contributed by atoms with E-state index in [1.807, 2.05) is 66.7 Å². The maximum Gasteiger partial charge on any atom is 0.266 e. The Balaban J connectivity index is 1.25. The van der Waals surface area contributed by atoms with Gasteiger partial charge in [0.15, 0.2) is 0 Å². The lowest BCUT2D eigenvalue weighted by atomic mass is 10.1. The predicted octanol–water partition coefficient (Wildman–Crippen LogP) is 6.55. The third-order valence-electron chi connectivity index (χ3n) is 5.54. The largest absolute Gasteiger partial charge is 0.493 e. The third-order valence-corrected chi connectivity index (χ3v) is 6.92. The minimum Gasteiger partial charge on any atom is -0.493 e. The molecule has 0 saturated carbocycles. The van der Waals surface area contributed by atoms with Crippen molar-refractivity contribution in [2.24, 2.45) is 0 Å². The van der Waals surface area contributed by atoms with Gasteiger partial charge in [-0.15, -0.1) is 0 Å². The van der Waals surface area contributed by atoms with Crippen LogP contribution < -0.4 is 9.47 Å². The van der Waals surface area contributed by atoms with Crippen LogP contribution in [0.1, 0.15) is 28.7 Å². The summed E-state index contributed by atoms with van der Waals surface area (Å²) in [6.45, 7) is 5.84. The van der Waals surface area contributed by atoms with Crippen LogP contribution >= 0.6 is 24.0 Å². The van der Waals surface area contributed by atoms with E-state index in [1.54, 1.807) is 4.90 Å². The second-order valence-corrected chi connectivity index (χ2v) is 9.79. The number of thioether (sulfide) groups is 1. The molecule has 6 heteroatoms. The summed E-state index contributed by atoms with van der Waals surface area (Å²) in [5.41, 5.74) is 4.48. The quantitative estimate of drug-likeness (QED) is 0.194. The van der Waals surface area contributed by atoms with Gasteiger partial charge in [0.1, 0.15) is 15.8 Å². The van der Waals surface area contributed by atoms with Crippen molar-refractivity contribution < 1.29 is 14.3 Å². The molecule has 0 spiro atoms. The summed E-state index contributed by atoms with van der Waals surface area (Å²) in [4.78, 5) is 15.1. The van der Waals surface area contributed by atoms with E-state index in [4.69, 9.17) is 21.7 Å². The summed E-state index contributed by atoms with van der Waals surface area (Å²) in [6, 6.07) is 23.7. The fourth-order valence-electron chi connectivity index (χ4n) is 3.46. The van der Waals surface area contributed by atoms with E-state index in [2.05, 4.69) is 26.0 Å². The molecular weight excluding hydrogens is 462 g/mol. The molecule has 0 unspecified atom stereocenters. The second-order valence-electron chi connectivity index (χ2n) is 8.12. The van der Waals surface area contributed by atoms with Gasteiger partial charge >= 0.3 is 0 Å². The average Bonchev–Trinajstić information content (AvgIpc) is 3.10. The van der Waals surface area contributed by atoms with Gasteiger partial charge in [-0.05, 0) is 66.4 Å². The van der Waals surface area contributed by atoms with Crippen LogP contribution in [0.4, 0.5) is 0 Å². The number of rotatable bonds is 9. The Bertz CT molecular complexity index is 1190. The first-order chi connectivity index (χ1) is 16.5. The van der Waals surface area contributed by atoms with E-state index in [0.717, 1.165) is 29.0 Å². The number of hydrogen-bond donors (Lipinski definition) is 0. The number of carbonyl (C=O) groups excluding carboxylic acids is 1. The molecule has 0 N–H and O–H groups in total. The number of nitrogens with zero attached hydrogens (tertiary/aromatic N) is 1. The molecule has 0 radical (unpaired) electrons. The molecule has 4 rings (SSSR count). The van der Waals surface area contributed by atoms with E-state index in [1.165, 1.54) is 22.9 Å². The van der Waals surface area contributed by atoms with Crippen molar-refractivity contribution in [2.45, 2.75) is 26.8 Å². The molecule has 1 fully saturated rings. The normalized spacial score (nSPS) is 14.6. The summed E-state index contributed by atoms with van der Waals surface area (Å²) in [5, 5.41) is 0. The zero-order valence-corrected chi connectivity index (χ0v) is 21.0. The van der Waals surface area contributed by atoms with E-state index in [9.17, 15) is 4.79 Å². The van der Waals surface area contributed by atoms with Gasteiger partial charge in [-0.3, -0.25) is 9.69 Å². The molecule has 1 aliphatic heterocycles. The topological polar surface area (TPSA) is 38.8 Å². The fourth-order valence-corrected chi connectivity index (χ4v) is 4.71. The second kappa shape index (κ2) is 11.4. The Morgan fingerprint density at radius 3 is 2.26 bits per heavy atom. The standard InChI is InChI=1S/C28H27NO3S2/c1-20-9-12-25(17-21(20)2)32-16-6-15-31-24-13-10-22(11-14-24)18-26-27(30)29(28(33)34-26)19-23-7-4-3-5-8-23/h3-5,7-14,17-18H,6,15-16,19H2,1-2H3/b26-18-. The molecule has 0 aliphatic carbocycles. The number of carbonyl (C=O) groups is 1. The van der Waals surface area contributed by atoms with Gasteiger partial charge < -0.3 is 9.47 Å². The molecule has 1 heterocycles. The lowest BCUT2D eigenvalue weighted by molar-refractivity contribution is -0.122. The molecule has 0 aromatic heterocycles.